The SMILES string of the molecule is O=c1[nH]ccc2nc(N[C@@H](CO)c3ccccc3)nc(Nc3cccc(C(F)(F)F)c3)c12. The summed E-state index contributed by atoms with van der Waals surface area (Å²) < 4.78 is 39.3. The largest absolute Gasteiger partial charge is 0.416 e. The Morgan fingerprint density at radius 3 is 2.53 bits per heavy atom. The minimum atomic E-state index is -4.51. The molecule has 10 heteroatoms. The van der Waals surface area contributed by atoms with E-state index in [0.717, 1.165) is 17.7 Å². The summed E-state index contributed by atoms with van der Waals surface area (Å²) >= 11 is 0. The Hall–Kier alpha value is -3.92. The van der Waals surface area contributed by atoms with Crippen LogP contribution in [0.5, 0.6) is 0 Å². The van der Waals surface area contributed by atoms with E-state index in [1.807, 2.05) is 30.3 Å². The van der Waals surface area contributed by atoms with Gasteiger partial charge in [-0.25, -0.2) is 4.98 Å². The third-order valence-corrected chi connectivity index (χ3v) is 4.76. The number of hydrogen-bond donors (Lipinski definition) is 4. The van der Waals surface area contributed by atoms with E-state index in [9.17, 15) is 23.1 Å². The van der Waals surface area contributed by atoms with Gasteiger partial charge in [-0.1, -0.05) is 36.4 Å². The van der Waals surface area contributed by atoms with E-state index >= 15 is 0 Å². The number of nitrogens with zero attached hydrogens (tertiary/aromatic N) is 2. The van der Waals surface area contributed by atoms with Gasteiger partial charge in [0.05, 0.1) is 23.7 Å². The fourth-order valence-corrected chi connectivity index (χ4v) is 3.23. The summed E-state index contributed by atoms with van der Waals surface area (Å²) in [6, 6.07) is 14.7. The fourth-order valence-electron chi connectivity index (χ4n) is 3.23. The Kier molecular flexibility index (Phi) is 5.78. The highest BCUT2D eigenvalue weighted by Gasteiger charge is 2.30. The summed E-state index contributed by atoms with van der Waals surface area (Å²) in [6.45, 7) is -0.253. The summed E-state index contributed by atoms with van der Waals surface area (Å²) in [7, 11) is 0. The average Bonchev–Trinajstić information content (AvgIpc) is 2.77. The number of anilines is 3. The van der Waals surface area contributed by atoms with E-state index in [4.69, 9.17) is 0 Å². The molecule has 2 aromatic carbocycles. The second-order valence-electron chi connectivity index (χ2n) is 6.96. The smallest absolute Gasteiger partial charge is 0.394 e. The first-order valence-electron chi connectivity index (χ1n) is 9.61. The zero-order chi connectivity index (χ0) is 22.7. The molecule has 1 atom stereocenters. The van der Waals surface area contributed by atoms with Crippen LogP contribution in [-0.2, 0) is 6.18 Å². The number of alkyl halides is 3. The van der Waals surface area contributed by atoms with Crippen molar-refractivity contribution < 1.29 is 18.3 Å². The minimum Gasteiger partial charge on any atom is -0.394 e. The maximum atomic E-state index is 13.1. The molecule has 2 heterocycles. The number of nitrogens with one attached hydrogen (secondary N) is 3. The molecule has 7 nitrogen and oxygen atoms in total. The molecule has 0 unspecified atom stereocenters. The van der Waals surface area contributed by atoms with Crippen LogP contribution in [0.25, 0.3) is 10.9 Å². The second kappa shape index (κ2) is 8.67. The summed E-state index contributed by atoms with van der Waals surface area (Å²) in [4.78, 5) is 23.6. The van der Waals surface area contributed by atoms with Gasteiger partial charge >= 0.3 is 6.18 Å². The Morgan fingerprint density at radius 2 is 1.81 bits per heavy atom. The molecule has 4 rings (SSSR count). The maximum Gasteiger partial charge on any atom is 0.416 e. The van der Waals surface area contributed by atoms with Crippen LogP contribution >= 0.6 is 0 Å². The van der Waals surface area contributed by atoms with Crippen molar-refractivity contribution in [2.24, 2.45) is 0 Å². The lowest BCUT2D eigenvalue weighted by atomic mass is 10.1. The molecule has 0 aliphatic rings. The zero-order valence-electron chi connectivity index (χ0n) is 16.5. The molecule has 32 heavy (non-hydrogen) atoms. The molecule has 0 saturated carbocycles. The standard InChI is InChI=1S/C22H18F3N5O2/c23-22(24,25)14-7-4-8-15(11-14)27-19-18-16(9-10-26-20(18)32)28-21(30-19)29-17(12-31)13-5-2-1-3-6-13/h1-11,17,31H,12H2,(H,26,32)(H2,27,28,29,30)/t17-/m0/s1. The number of aromatic nitrogens is 3. The van der Waals surface area contributed by atoms with Crippen LogP contribution in [0.3, 0.4) is 0 Å². The van der Waals surface area contributed by atoms with E-state index in [0.29, 0.717) is 0 Å². The van der Waals surface area contributed by atoms with Crippen molar-refractivity contribution >= 4 is 28.4 Å². The van der Waals surface area contributed by atoms with E-state index in [2.05, 4.69) is 25.6 Å². The molecule has 2 aromatic heterocycles. The summed E-state index contributed by atoms with van der Waals surface area (Å²) in [5, 5.41) is 15.7. The molecule has 0 aliphatic heterocycles. The molecule has 0 aliphatic carbocycles. The van der Waals surface area contributed by atoms with Crippen LogP contribution in [-0.4, -0.2) is 26.7 Å². The Bertz CT molecular complexity index is 1290. The highest BCUT2D eigenvalue weighted by Crippen LogP contribution is 2.32. The van der Waals surface area contributed by atoms with Gasteiger partial charge in [-0.05, 0) is 29.8 Å². The van der Waals surface area contributed by atoms with Gasteiger partial charge in [0.15, 0.2) is 0 Å². The summed E-state index contributed by atoms with van der Waals surface area (Å²) in [6.07, 6.45) is -3.10. The van der Waals surface area contributed by atoms with Gasteiger partial charge in [-0.2, -0.15) is 18.2 Å². The highest BCUT2D eigenvalue weighted by molar-refractivity contribution is 5.90. The molecular formula is C22H18F3N5O2. The third-order valence-electron chi connectivity index (χ3n) is 4.76. The number of halogens is 3. The molecule has 4 N–H and O–H groups in total. The van der Waals surface area contributed by atoms with Gasteiger partial charge in [0.25, 0.3) is 5.56 Å². The predicted octanol–water partition coefficient (Wildman–Crippen LogP) is 4.23. The predicted molar refractivity (Wildman–Crippen MR) is 115 cm³/mol. The van der Waals surface area contributed by atoms with Crippen LogP contribution < -0.4 is 16.2 Å². The molecule has 0 bridgehead atoms. The quantitative estimate of drug-likeness (QED) is 0.357. The monoisotopic (exact) mass is 441 g/mol. The Labute approximate surface area is 180 Å². The van der Waals surface area contributed by atoms with Crippen LogP contribution in [0, 0.1) is 0 Å². The summed E-state index contributed by atoms with van der Waals surface area (Å²) in [5.41, 5.74) is -0.152. The van der Waals surface area contributed by atoms with Crippen LogP contribution in [0.4, 0.5) is 30.6 Å². The summed E-state index contributed by atoms with van der Waals surface area (Å²) in [5.74, 6) is 0.129. The lowest BCUT2D eigenvalue weighted by molar-refractivity contribution is -0.137. The van der Waals surface area contributed by atoms with Gasteiger partial charge in [0, 0.05) is 11.9 Å². The lowest BCUT2D eigenvalue weighted by Gasteiger charge is -2.18. The second-order valence-corrected chi connectivity index (χ2v) is 6.96. The van der Waals surface area contributed by atoms with Crippen LogP contribution in [0.15, 0.2) is 71.7 Å². The van der Waals surface area contributed by atoms with Crippen molar-refractivity contribution in [2.75, 3.05) is 17.2 Å². The number of rotatable bonds is 6. The maximum absolute atomic E-state index is 13.1. The van der Waals surface area contributed by atoms with E-state index in [1.165, 1.54) is 18.3 Å². The number of benzene rings is 2. The highest BCUT2D eigenvalue weighted by atomic mass is 19.4. The first-order chi connectivity index (χ1) is 15.3. The zero-order valence-corrected chi connectivity index (χ0v) is 16.5. The molecule has 0 saturated heterocycles. The fraction of sp³-hybridized carbons (Fsp3) is 0.136. The number of aromatic amines is 1. The van der Waals surface area contributed by atoms with Gasteiger partial charge in [-0.15, -0.1) is 0 Å². The number of pyridine rings is 1. The minimum absolute atomic E-state index is 0.0309. The first-order valence-corrected chi connectivity index (χ1v) is 9.61. The van der Waals surface area contributed by atoms with Crippen molar-refractivity contribution in [1.29, 1.82) is 0 Å². The number of H-pyrrole nitrogens is 1. The van der Waals surface area contributed by atoms with Crippen molar-refractivity contribution in [3.8, 4) is 0 Å². The molecule has 0 fully saturated rings. The van der Waals surface area contributed by atoms with Crippen LogP contribution in [0.2, 0.25) is 0 Å². The molecule has 4 aromatic rings. The Balaban J connectivity index is 1.76. The number of fused-ring (bicyclic) bond motifs is 1. The van der Waals surface area contributed by atoms with Crippen molar-refractivity contribution in [3.63, 3.8) is 0 Å². The van der Waals surface area contributed by atoms with Gasteiger partial charge < -0.3 is 20.7 Å². The number of aliphatic hydroxyl groups excluding tert-OH is 1. The van der Waals surface area contributed by atoms with E-state index in [1.54, 1.807) is 6.07 Å². The lowest BCUT2D eigenvalue weighted by Crippen LogP contribution is -2.18. The average molecular weight is 441 g/mol. The third kappa shape index (κ3) is 4.54. The van der Waals surface area contributed by atoms with Crippen molar-refractivity contribution in [2.45, 2.75) is 12.2 Å². The van der Waals surface area contributed by atoms with E-state index in [-0.39, 0.29) is 35.0 Å². The van der Waals surface area contributed by atoms with Crippen molar-refractivity contribution in [3.05, 3.63) is 88.3 Å². The normalized spacial score (nSPS) is 12.5. The Morgan fingerprint density at radius 1 is 1.03 bits per heavy atom. The van der Waals surface area contributed by atoms with Gasteiger partial charge in [-0.3, -0.25) is 4.79 Å². The number of hydrogen-bond acceptors (Lipinski definition) is 6. The number of aliphatic hydroxyl groups is 1. The van der Waals surface area contributed by atoms with Crippen molar-refractivity contribution in [1.82, 2.24) is 15.0 Å². The van der Waals surface area contributed by atoms with E-state index < -0.39 is 23.3 Å². The van der Waals surface area contributed by atoms with Gasteiger partial charge in [0.1, 0.15) is 11.2 Å². The topological polar surface area (TPSA) is 103 Å². The van der Waals surface area contributed by atoms with Crippen LogP contribution in [0.1, 0.15) is 17.2 Å². The molecule has 0 spiro atoms. The molecule has 0 radical (unpaired) electrons. The molecule has 164 valence electrons. The first kappa shape index (κ1) is 21.3. The van der Waals surface area contributed by atoms with Gasteiger partial charge in [0.2, 0.25) is 5.95 Å². The molecule has 0 amide bonds. The molecular weight excluding hydrogens is 423 g/mol.